The van der Waals surface area contributed by atoms with Gasteiger partial charge in [0.15, 0.2) is 10.8 Å². The second kappa shape index (κ2) is 6.48. The quantitative estimate of drug-likeness (QED) is 0.788. The molecule has 2 aliphatic rings. The third-order valence-electron chi connectivity index (χ3n) is 5.65. The molecule has 1 saturated heterocycles. The van der Waals surface area contributed by atoms with Gasteiger partial charge in [-0.15, -0.1) is 0 Å². The molecule has 5 nitrogen and oxygen atoms in total. The summed E-state index contributed by atoms with van der Waals surface area (Å²) in [5.41, 5.74) is 3.22. The van der Waals surface area contributed by atoms with Gasteiger partial charge in [-0.1, -0.05) is 35.4 Å². The van der Waals surface area contributed by atoms with E-state index in [1.807, 2.05) is 62.1 Å². The molecule has 0 spiro atoms. The third kappa shape index (κ3) is 2.75. The number of carbonyl (C=O) groups is 1. The lowest BCUT2D eigenvalue weighted by molar-refractivity contribution is -0.144. The Balaban J connectivity index is 1.91. The summed E-state index contributed by atoms with van der Waals surface area (Å²) in [7, 11) is 3.56. The van der Waals surface area contributed by atoms with Gasteiger partial charge in [0.2, 0.25) is 5.91 Å². The highest BCUT2D eigenvalue weighted by Gasteiger charge is 2.59. The van der Waals surface area contributed by atoms with Gasteiger partial charge in [0.25, 0.3) is 0 Å². The summed E-state index contributed by atoms with van der Waals surface area (Å²) < 4.78 is 6.55. The zero-order valence-electron chi connectivity index (χ0n) is 16.8. The zero-order chi connectivity index (χ0) is 20.2. The van der Waals surface area contributed by atoms with Crippen molar-refractivity contribution in [3.63, 3.8) is 0 Å². The van der Waals surface area contributed by atoms with Crippen LogP contribution in [0.4, 0.5) is 5.69 Å². The molecule has 4 rings (SSSR count). The molecule has 0 unspecified atom stereocenters. The molecule has 1 fully saturated rings. The largest absolute Gasteiger partial charge is 0.467 e. The van der Waals surface area contributed by atoms with Crippen molar-refractivity contribution in [1.29, 1.82) is 0 Å². The summed E-state index contributed by atoms with van der Waals surface area (Å²) >= 11 is 5.75. The third-order valence-corrected chi connectivity index (χ3v) is 5.95. The standard InChI is InChI=1S/C22H25N3O2S/c1-13-6-9-15(10-7-13)25-21(28)23-19-16-12-14(2)8-11-17(16)27-22(25,3)18(19)20(26)24(4)5/h6-12,18-19H,1-5H3,(H,23,28)/t18-,19+,22+/m1/s1. The number of rotatable bonds is 2. The van der Waals surface area contributed by atoms with Gasteiger partial charge in [-0.3, -0.25) is 9.69 Å². The maximum atomic E-state index is 13.3. The van der Waals surface area contributed by atoms with Crippen molar-refractivity contribution in [1.82, 2.24) is 10.2 Å². The molecule has 0 aromatic heterocycles. The SMILES string of the molecule is Cc1ccc(N2C(=S)N[C@H]3c4cc(C)ccc4O[C@@]2(C)[C@H]3C(=O)N(C)C)cc1. The highest BCUT2D eigenvalue weighted by Crippen LogP contribution is 2.50. The van der Waals surface area contributed by atoms with Crippen LogP contribution in [-0.2, 0) is 4.79 Å². The van der Waals surface area contributed by atoms with Crippen molar-refractivity contribution in [2.75, 3.05) is 19.0 Å². The minimum atomic E-state index is -0.939. The molecule has 2 heterocycles. The summed E-state index contributed by atoms with van der Waals surface area (Å²) in [4.78, 5) is 16.9. The molecule has 28 heavy (non-hydrogen) atoms. The van der Waals surface area contributed by atoms with Crippen LogP contribution in [0.2, 0.25) is 0 Å². The molecule has 2 aromatic rings. The Morgan fingerprint density at radius 3 is 2.43 bits per heavy atom. The Kier molecular flexibility index (Phi) is 4.34. The Morgan fingerprint density at radius 2 is 1.79 bits per heavy atom. The Bertz CT molecular complexity index is 957. The van der Waals surface area contributed by atoms with Crippen LogP contribution in [0.25, 0.3) is 0 Å². The Hall–Kier alpha value is -2.60. The molecule has 3 atom stereocenters. The van der Waals surface area contributed by atoms with E-state index < -0.39 is 11.6 Å². The second-order valence-electron chi connectivity index (χ2n) is 8.01. The van der Waals surface area contributed by atoms with Crippen molar-refractivity contribution in [3.8, 4) is 5.75 Å². The lowest BCUT2D eigenvalue weighted by atomic mass is 9.78. The number of thiocarbonyl (C=S) groups is 1. The van der Waals surface area contributed by atoms with Crippen molar-refractivity contribution in [2.45, 2.75) is 32.5 Å². The average molecular weight is 396 g/mol. The number of amides is 1. The van der Waals surface area contributed by atoms with Crippen LogP contribution in [0.1, 0.15) is 29.7 Å². The smallest absolute Gasteiger partial charge is 0.233 e. The first-order valence-electron chi connectivity index (χ1n) is 9.40. The first-order chi connectivity index (χ1) is 13.2. The molecule has 146 valence electrons. The van der Waals surface area contributed by atoms with Gasteiger partial charge in [0.05, 0.1) is 6.04 Å². The van der Waals surface area contributed by atoms with Crippen LogP contribution >= 0.6 is 12.2 Å². The number of benzene rings is 2. The maximum absolute atomic E-state index is 13.3. The first-order valence-corrected chi connectivity index (χ1v) is 9.81. The van der Waals surface area contributed by atoms with Crippen LogP contribution < -0.4 is 15.0 Å². The first kappa shape index (κ1) is 18.7. The number of aryl methyl sites for hydroxylation is 2. The summed E-state index contributed by atoms with van der Waals surface area (Å²) in [6.45, 7) is 6.04. The molecular formula is C22H25N3O2S. The number of fused-ring (bicyclic) bond motifs is 4. The lowest BCUT2D eigenvalue weighted by Crippen LogP contribution is -2.72. The van der Waals surface area contributed by atoms with Crippen LogP contribution in [0.5, 0.6) is 5.75 Å². The number of carbonyl (C=O) groups excluding carboxylic acids is 1. The summed E-state index contributed by atoms with van der Waals surface area (Å²) in [6, 6.07) is 14.0. The van der Waals surface area contributed by atoms with E-state index in [4.69, 9.17) is 17.0 Å². The minimum Gasteiger partial charge on any atom is -0.467 e. The average Bonchev–Trinajstić information content (AvgIpc) is 2.63. The van der Waals surface area contributed by atoms with Crippen molar-refractivity contribution in [2.24, 2.45) is 5.92 Å². The van der Waals surface area contributed by atoms with Crippen LogP contribution in [0.15, 0.2) is 42.5 Å². The summed E-state index contributed by atoms with van der Waals surface area (Å²) in [6.07, 6.45) is 0. The zero-order valence-corrected chi connectivity index (χ0v) is 17.6. The highest BCUT2D eigenvalue weighted by molar-refractivity contribution is 7.80. The Morgan fingerprint density at radius 1 is 1.14 bits per heavy atom. The van der Waals surface area contributed by atoms with Gasteiger partial charge in [-0.25, -0.2) is 0 Å². The number of anilines is 1. The molecule has 1 amide bonds. The second-order valence-corrected chi connectivity index (χ2v) is 8.39. The number of ether oxygens (including phenoxy) is 1. The topological polar surface area (TPSA) is 44.8 Å². The van der Waals surface area contributed by atoms with E-state index in [1.54, 1.807) is 19.0 Å². The molecule has 1 N–H and O–H groups in total. The van der Waals surface area contributed by atoms with Crippen LogP contribution in [-0.4, -0.2) is 35.7 Å². The van der Waals surface area contributed by atoms with Crippen molar-refractivity contribution < 1.29 is 9.53 Å². The predicted molar refractivity (Wildman–Crippen MR) is 115 cm³/mol. The predicted octanol–water partition coefficient (Wildman–Crippen LogP) is 3.55. The minimum absolute atomic E-state index is 0.00627. The number of hydrogen-bond donors (Lipinski definition) is 1. The van der Waals surface area contributed by atoms with E-state index in [0.29, 0.717) is 5.11 Å². The fraction of sp³-hybridized carbons (Fsp3) is 0.364. The van der Waals surface area contributed by atoms with Gasteiger partial charge in [0.1, 0.15) is 11.7 Å². The normalized spacial score (nSPS) is 25.5. The van der Waals surface area contributed by atoms with E-state index in [2.05, 4.69) is 11.4 Å². The van der Waals surface area contributed by atoms with E-state index in [1.165, 1.54) is 0 Å². The highest BCUT2D eigenvalue weighted by atomic mass is 32.1. The fourth-order valence-corrected chi connectivity index (χ4v) is 4.65. The molecule has 0 saturated carbocycles. The van der Waals surface area contributed by atoms with E-state index in [0.717, 1.165) is 28.1 Å². The monoisotopic (exact) mass is 395 g/mol. The van der Waals surface area contributed by atoms with Gasteiger partial charge >= 0.3 is 0 Å². The van der Waals surface area contributed by atoms with Crippen molar-refractivity contribution >= 4 is 28.9 Å². The van der Waals surface area contributed by atoms with E-state index >= 15 is 0 Å². The lowest BCUT2D eigenvalue weighted by Gasteiger charge is -2.56. The number of nitrogens with one attached hydrogen (secondary N) is 1. The molecule has 2 aliphatic heterocycles. The molecule has 0 aliphatic carbocycles. The number of hydrogen-bond acceptors (Lipinski definition) is 3. The van der Waals surface area contributed by atoms with Gasteiger partial charge in [0, 0.05) is 25.3 Å². The fourth-order valence-electron chi connectivity index (χ4n) is 4.24. The maximum Gasteiger partial charge on any atom is 0.233 e. The number of nitrogens with zero attached hydrogens (tertiary/aromatic N) is 2. The van der Waals surface area contributed by atoms with Gasteiger partial charge < -0.3 is 15.0 Å². The van der Waals surface area contributed by atoms with E-state index in [9.17, 15) is 4.79 Å². The van der Waals surface area contributed by atoms with Crippen LogP contribution in [0, 0.1) is 19.8 Å². The van der Waals surface area contributed by atoms with Gasteiger partial charge in [-0.2, -0.15) is 0 Å². The Labute approximate surface area is 171 Å². The molecule has 2 bridgehead atoms. The van der Waals surface area contributed by atoms with E-state index in [-0.39, 0.29) is 11.9 Å². The van der Waals surface area contributed by atoms with Crippen molar-refractivity contribution in [3.05, 3.63) is 59.2 Å². The summed E-state index contributed by atoms with van der Waals surface area (Å²) in [5, 5.41) is 4.00. The molecular weight excluding hydrogens is 370 g/mol. The van der Waals surface area contributed by atoms with Gasteiger partial charge in [-0.05, 0) is 51.2 Å². The summed E-state index contributed by atoms with van der Waals surface area (Å²) in [5.74, 6) is 0.338. The molecule has 6 heteroatoms. The van der Waals surface area contributed by atoms with Crippen LogP contribution in [0.3, 0.4) is 0 Å². The molecule has 0 radical (unpaired) electrons. The molecule has 2 aromatic carbocycles.